The second kappa shape index (κ2) is 9.18. The fourth-order valence-corrected chi connectivity index (χ4v) is 1.94. The molecule has 0 aliphatic rings. The van der Waals surface area contributed by atoms with E-state index in [-0.39, 0.29) is 30.8 Å². The molecule has 0 aliphatic heterocycles. The van der Waals surface area contributed by atoms with E-state index in [1.165, 1.54) is 0 Å². The average Bonchev–Trinajstić information content (AvgIpc) is 2.25. The highest BCUT2D eigenvalue weighted by atomic mass is 16.4. The van der Waals surface area contributed by atoms with E-state index in [1.54, 1.807) is 6.92 Å². The predicted molar refractivity (Wildman–Crippen MR) is 71.7 cm³/mol. The summed E-state index contributed by atoms with van der Waals surface area (Å²) in [7, 11) is 0. The molecule has 0 fully saturated rings. The molecule has 2 unspecified atom stereocenters. The molecule has 0 bridgehead atoms. The SMILES string of the molecule is CC(N=C(N)N)C(CCCCCC(=O)O)CC(=O)O. The van der Waals surface area contributed by atoms with Crippen LogP contribution < -0.4 is 11.5 Å². The quantitative estimate of drug-likeness (QED) is 0.263. The molecule has 6 N–H and O–H groups in total. The average molecular weight is 273 g/mol. The highest BCUT2D eigenvalue weighted by Gasteiger charge is 2.19. The molecule has 2 atom stereocenters. The summed E-state index contributed by atoms with van der Waals surface area (Å²) in [6.45, 7) is 1.78. The van der Waals surface area contributed by atoms with Gasteiger partial charge in [0, 0.05) is 6.42 Å². The number of rotatable bonds is 10. The zero-order chi connectivity index (χ0) is 14.8. The van der Waals surface area contributed by atoms with E-state index in [0.29, 0.717) is 12.8 Å². The van der Waals surface area contributed by atoms with Crippen LogP contribution in [0, 0.1) is 5.92 Å². The fraction of sp³-hybridized carbons (Fsp3) is 0.750. The maximum absolute atomic E-state index is 10.8. The number of unbranched alkanes of at least 4 members (excludes halogenated alkanes) is 2. The summed E-state index contributed by atoms with van der Waals surface area (Å²) >= 11 is 0. The number of nitrogens with two attached hydrogens (primary N) is 2. The van der Waals surface area contributed by atoms with Crippen LogP contribution in [0.4, 0.5) is 0 Å². The Morgan fingerprint density at radius 2 is 1.74 bits per heavy atom. The van der Waals surface area contributed by atoms with Gasteiger partial charge in [0.1, 0.15) is 0 Å². The second-order valence-corrected chi connectivity index (χ2v) is 4.65. The van der Waals surface area contributed by atoms with E-state index in [2.05, 4.69) is 4.99 Å². The van der Waals surface area contributed by atoms with Gasteiger partial charge < -0.3 is 21.7 Å². The number of carbonyl (C=O) groups is 2. The monoisotopic (exact) mass is 273 g/mol. The molecule has 0 aromatic carbocycles. The molecule has 0 radical (unpaired) electrons. The number of nitrogens with zero attached hydrogens (tertiary/aromatic N) is 1. The van der Waals surface area contributed by atoms with Gasteiger partial charge in [-0.1, -0.05) is 12.8 Å². The molecule has 0 heterocycles. The smallest absolute Gasteiger partial charge is 0.303 e. The molecule has 7 heteroatoms. The van der Waals surface area contributed by atoms with Crippen molar-refractivity contribution in [1.82, 2.24) is 0 Å². The highest BCUT2D eigenvalue weighted by Crippen LogP contribution is 2.20. The third-order valence-electron chi connectivity index (χ3n) is 2.94. The van der Waals surface area contributed by atoms with E-state index in [1.807, 2.05) is 0 Å². The number of carboxylic acid groups (broad SMARTS) is 2. The largest absolute Gasteiger partial charge is 0.481 e. The Balaban J connectivity index is 4.17. The minimum atomic E-state index is -0.881. The first-order chi connectivity index (χ1) is 8.82. The number of hydrogen-bond donors (Lipinski definition) is 4. The number of hydrogen-bond acceptors (Lipinski definition) is 3. The summed E-state index contributed by atoms with van der Waals surface area (Å²) in [5.41, 5.74) is 10.6. The lowest BCUT2D eigenvalue weighted by Crippen LogP contribution is -2.28. The molecule has 0 aliphatic carbocycles. The lowest BCUT2D eigenvalue weighted by Gasteiger charge is -2.19. The summed E-state index contributed by atoms with van der Waals surface area (Å²) in [5.74, 6) is -1.87. The first-order valence-corrected chi connectivity index (χ1v) is 6.35. The summed E-state index contributed by atoms with van der Waals surface area (Å²) in [6.07, 6.45) is 2.96. The van der Waals surface area contributed by atoms with Crippen LogP contribution in [-0.4, -0.2) is 34.2 Å². The minimum Gasteiger partial charge on any atom is -0.481 e. The van der Waals surface area contributed by atoms with Crippen molar-refractivity contribution in [3.63, 3.8) is 0 Å². The zero-order valence-electron chi connectivity index (χ0n) is 11.2. The predicted octanol–water partition coefficient (Wildman–Crippen LogP) is 0.774. The van der Waals surface area contributed by atoms with E-state index >= 15 is 0 Å². The van der Waals surface area contributed by atoms with E-state index < -0.39 is 11.9 Å². The first kappa shape index (κ1) is 17.2. The molecule has 0 saturated heterocycles. The van der Waals surface area contributed by atoms with Gasteiger partial charge in [0.15, 0.2) is 5.96 Å². The first-order valence-electron chi connectivity index (χ1n) is 6.35. The summed E-state index contributed by atoms with van der Waals surface area (Å²) in [6, 6.07) is -0.249. The fourth-order valence-electron chi connectivity index (χ4n) is 1.94. The third-order valence-corrected chi connectivity index (χ3v) is 2.94. The van der Waals surface area contributed by atoms with Crippen molar-refractivity contribution in [2.24, 2.45) is 22.4 Å². The van der Waals surface area contributed by atoms with Crippen LogP contribution in [0.5, 0.6) is 0 Å². The van der Waals surface area contributed by atoms with Crippen LogP contribution >= 0.6 is 0 Å². The van der Waals surface area contributed by atoms with Crippen LogP contribution in [0.3, 0.4) is 0 Å². The van der Waals surface area contributed by atoms with Crippen LogP contribution in [0.15, 0.2) is 4.99 Å². The Kier molecular flexibility index (Phi) is 8.32. The van der Waals surface area contributed by atoms with E-state index in [9.17, 15) is 9.59 Å². The lowest BCUT2D eigenvalue weighted by molar-refractivity contribution is -0.138. The molecular formula is C12H23N3O4. The van der Waals surface area contributed by atoms with Gasteiger partial charge >= 0.3 is 11.9 Å². The van der Waals surface area contributed by atoms with Gasteiger partial charge in [0.2, 0.25) is 0 Å². The van der Waals surface area contributed by atoms with Crippen LogP contribution in [0.1, 0.15) is 45.4 Å². The number of aliphatic imine (C=N–C) groups is 1. The minimum absolute atomic E-state index is 0.0108. The summed E-state index contributed by atoms with van der Waals surface area (Å²) in [4.78, 5) is 25.1. The Labute approximate surface area is 112 Å². The zero-order valence-corrected chi connectivity index (χ0v) is 11.2. The van der Waals surface area contributed by atoms with Crippen molar-refractivity contribution in [2.45, 2.75) is 51.5 Å². The Morgan fingerprint density at radius 1 is 1.11 bits per heavy atom. The van der Waals surface area contributed by atoms with Crippen LogP contribution in [0.25, 0.3) is 0 Å². The van der Waals surface area contributed by atoms with Gasteiger partial charge in [-0.15, -0.1) is 0 Å². The van der Waals surface area contributed by atoms with Gasteiger partial charge in [-0.2, -0.15) is 0 Å². The molecule has 19 heavy (non-hydrogen) atoms. The molecule has 0 spiro atoms. The Bertz CT molecular complexity index is 327. The van der Waals surface area contributed by atoms with Crippen molar-refractivity contribution in [2.75, 3.05) is 0 Å². The number of guanidine groups is 1. The van der Waals surface area contributed by atoms with Crippen LogP contribution in [0.2, 0.25) is 0 Å². The van der Waals surface area contributed by atoms with Crippen molar-refractivity contribution in [3.8, 4) is 0 Å². The number of carboxylic acids is 2. The van der Waals surface area contributed by atoms with Crippen molar-refractivity contribution in [3.05, 3.63) is 0 Å². The van der Waals surface area contributed by atoms with Gasteiger partial charge in [-0.05, 0) is 25.7 Å². The van der Waals surface area contributed by atoms with Gasteiger partial charge in [-0.25, -0.2) is 0 Å². The second-order valence-electron chi connectivity index (χ2n) is 4.65. The molecule has 110 valence electrons. The molecule has 0 amide bonds. The molecular weight excluding hydrogens is 250 g/mol. The van der Waals surface area contributed by atoms with E-state index in [0.717, 1.165) is 12.8 Å². The van der Waals surface area contributed by atoms with Gasteiger partial charge in [-0.3, -0.25) is 14.6 Å². The standard InChI is InChI=1S/C12H23N3O4/c1-8(15-12(13)14)9(7-11(18)19)5-3-2-4-6-10(16)17/h8-9H,2-7H2,1H3,(H,16,17)(H,18,19)(H4,13,14,15). The normalized spacial score (nSPS) is 13.5. The van der Waals surface area contributed by atoms with Gasteiger partial charge in [0.25, 0.3) is 0 Å². The summed E-state index contributed by atoms with van der Waals surface area (Å²) in [5, 5.41) is 17.4. The Morgan fingerprint density at radius 3 is 2.21 bits per heavy atom. The van der Waals surface area contributed by atoms with Gasteiger partial charge in [0.05, 0.1) is 12.5 Å². The number of aliphatic carboxylic acids is 2. The van der Waals surface area contributed by atoms with Crippen molar-refractivity contribution in [1.29, 1.82) is 0 Å². The highest BCUT2D eigenvalue weighted by molar-refractivity contribution is 5.76. The van der Waals surface area contributed by atoms with E-state index in [4.69, 9.17) is 21.7 Å². The summed E-state index contributed by atoms with van der Waals surface area (Å²) < 4.78 is 0. The topological polar surface area (TPSA) is 139 Å². The molecule has 7 nitrogen and oxygen atoms in total. The maximum atomic E-state index is 10.8. The molecule has 0 rings (SSSR count). The molecule has 0 aromatic heterocycles. The van der Waals surface area contributed by atoms with Crippen molar-refractivity contribution < 1.29 is 19.8 Å². The van der Waals surface area contributed by atoms with Crippen LogP contribution in [-0.2, 0) is 9.59 Å². The third kappa shape index (κ3) is 9.87. The van der Waals surface area contributed by atoms with Crippen molar-refractivity contribution >= 4 is 17.9 Å². The lowest BCUT2D eigenvalue weighted by atomic mass is 9.91. The molecule has 0 aromatic rings. The molecule has 0 saturated carbocycles. The Hall–Kier alpha value is -1.79. The maximum Gasteiger partial charge on any atom is 0.303 e.